The van der Waals surface area contributed by atoms with Crippen LogP contribution in [-0.2, 0) is 6.54 Å². The van der Waals surface area contributed by atoms with Crippen molar-refractivity contribution in [2.45, 2.75) is 44.6 Å². The van der Waals surface area contributed by atoms with Gasteiger partial charge in [-0.05, 0) is 19.9 Å². The molecule has 4 heteroatoms. The van der Waals surface area contributed by atoms with Crippen LogP contribution in [0.4, 0.5) is 0 Å². The Hall–Kier alpha value is -1.03. The van der Waals surface area contributed by atoms with E-state index in [2.05, 4.69) is 20.5 Å². The predicted molar refractivity (Wildman–Crippen MR) is 58.4 cm³/mol. The van der Waals surface area contributed by atoms with Gasteiger partial charge >= 0.3 is 0 Å². The molecule has 0 unspecified atom stereocenters. The first-order chi connectivity index (χ1) is 7.40. The standard InChI is InChI=1S/C11H18N4/c1-12-8-11-14-10(7-13-15-11)9-5-3-2-4-6-9/h7,9,12H,2-6,8H2,1H3. The van der Waals surface area contributed by atoms with Gasteiger partial charge in [0.25, 0.3) is 0 Å². The maximum atomic E-state index is 4.55. The van der Waals surface area contributed by atoms with Gasteiger partial charge in [-0.3, -0.25) is 0 Å². The molecule has 1 aromatic heterocycles. The molecular formula is C11H18N4. The normalized spacial score (nSPS) is 17.9. The maximum Gasteiger partial charge on any atom is 0.165 e. The summed E-state index contributed by atoms with van der Waals surface area (Å²) in [5.74, 6) is 1.42. The summed E-state index contributed by atoms with van der Waals surface area (Å²) in [6.07, 6.45) is 8.38. The van der Waals surface area contributed by atoms with Crippen molar-refractivity contribution in [1.82, 2.24) is 20.5 Å². The molecule has 0 radical (unpaired) electrons. The molecule has 15 heavy (non-hydrogen) atoms. The molecule has 2 rings (SSSR count). The second kappa shape index (κ2) is 5.16. The molecular weight excluding hydrogens is 188 g/mol. The van der Waals surface area contributed by atoms with E-state index in [1.807, 2.05) is 13.2 Å². The van der Waals surface area contributed by atoms with E-state index >= 15 is 0 Å². The number of hydrogen-bond acceptors (Lipinski definition) is 4. The zero-order valence-electron chi connectivity index (χ0n) is 9.24. The lowest BCUT2D eigenvalue weighted by atomic mass is 9.87. The summed E-state index contributed by atoms with van der Waals surface area (Å²) in [5.41, 5.74) is 1.13. The molecule has 1 aliphatic carbocycles. The first-order valence-electron chi connectivity index (χ1n) is 5.73. The van der Waals surface area contributed by atoms with Crippen molar-refractivity contribution in [2.75, 3.05) is 7.05 Å². The van der Waals surface area contributed by atoms with Crippen LogP contribution in [0.5, 0.6) is 0 Å². The molecule has 1 fully saturated rings. The molecule has 0 bridgehead atoms. The molecule has 0 amide bonds. The van der Waals surface area contributed by atoms with E-state index in [-0.39, 0.29) is 0 Å². The van der Waals surface area contributed by atoms with Gasteiger partial charge in [0, 0.05) is 5.92 Å². The van der Waals surface area contributed by atoms with Crippen molar-refractivity contribution in [2.24, 2.45) is 0 Å². The van der Waals surface area contributed by atoms with E-state index in [9.17, 15) is 0 Å². The Balaban J connectivity index is 2.09. The maximum absolute atomic E-state index is 4.55. The second-order valence-electron chi connectivity index (χ2n) is 4.16. The average Bonchev–Trinajstić information content (AvgIpc) is 2.31. The number of hydrogen-bond donors (Lipinski definition) is 1. The average molecular weight is 206 g/mol. The number of rotatable bonds is 3. The van der Waals surface area contributed by atoms with Crippen LogP contribution in [-0.4, -0.2) is 22.2 Å². The van der Waals surface area contributed by atoms with Crippen molar-refractivity contribution >= 4 is 0 Å². The third kappa shape index (κ3) is 2.72. The highest BCUT2D eigenvalue weighted by Crippen LogP contribution is 2.30. The van der Waals surface area contributed by atoms with E-state index in [0.717, 1.165) is 11.5 Å². The van der Waals surface area contributed by atoms with Gasteiger partial charge in [-0.15, -0.1) is 5.10 Å². The lowest BCUT2D eigenvalue weighted by molar-refractivity contribution is 0.433. The fourth-order valence-corrected chi connectivity index (χ4v) is 2.18. The molecule has 4 nitrogen and oxygen atoms in total. The van der Waals surface area contributed by atoms with Gasteiger partial charge in [0.15, 0.2) is 5.82 Å². The fourth-order valence-electron chi connectivity index (χ4n) is 2.18. The molecule has 1 aliphatic rings. The van der Waals surface area contributed by atoms with E-state index in [4.69, 9.17) is 0 Å². The van der Waals surface area contributed by atoms with Gasteiger partial charge in [-0.1, -0.05) is 19.3 Å². The minimum absolute atomic E-state index is 0.616. The highest BCUT2D eigenvalue weighted by Gasteiger charge is 2.17. The Bertz CT molecular complexity index is 307. The summed E-state index contributed by atoms with van der Waals surface area (Å²) in [5, 5.41) is 11.1. The summed E-state index contributed by atoms with van der Waals surface area (Å²) >= 11 is 0. The van der Waals surface area contributed by atoms with Crippen LogP contribution in [0.1, 0.15) is 49.5 Å². The topological polar surface area (TPSA) is 50.7 Å². The lowest BCUT2D eigenvalue weighted by Crippen LogP contribution is -2.14. The minimum atomic E-state index is 0.616. The Morgan fingerprint density at radius 1 is 1.33 bits per heavy atom. The number of nitrogens with zero attached hydrogens (tertiary/aromatic N) is 3. The van der Waals surface area contributed by atoms with Crippen molar-refractivity contribution < 1.29 is 0 Å². The monoisotopic (exact) mass is 206 g/mol. The van der Waals surface area contributed by atoms with Crippen molar-refractivity contribution in [1.29, 1.82) is 0 Å². The zero-order chi connectivity index (χ0) is 10.5. The SMILES string of the molecule is CNCc1nncc(C2CCCCC2)n1. The van der Waals surface area contributed by atoms with Crippen LogP contribution in [0.3, 0.4) is 0 Å². The number of aromatic nitrogens is 3. The highest BCUT2D eigenvalue weighted by molar-refractivity contribution is 5.05. The van der Waals surface area contributed by atoms with Gasteiger partial charge < -0.3 is 5.32 Å². The molecule has 0 spiro atoms. The van der Waals surface area contributed by atoms with E-state index < -0.39 is 0 Å². The second-order valence-corrected chi connectivity index (χ2v) is 4.16. The Morgan fingerprint density at radius 3 is 2.87 bits per heavy atom. The molecule has 0 aromatic carbocycles. The van der Waals surface area contributed by atoms with Gasteiger partial charge in [0.2, 0.25) is 0 Å². The Morgan fingerprint density at radius 2 is 2.13 bits per heavy atom. The van der Waals surface area contributed by atoms with E-state index in [1.165, 1.54) is 32.1 Å². The minimum Gasteiger partial charge on any atom is -0.313 e. The van der Waals surface area contributed by atoms with Gasteiger partial charge in [0.1, 0.15) is 0 Å². The van der Waals surface area contributed by atoms with Crippen molar-refractivity contribution in [3.05, 3.63) is 17.7 Å². The summed E-state index contributed by atoms with van der Waals surface area (Å²) in [6, 6.07) is 0. The van der Waals surface area contributed by atoms with Gasteiger partial charge in [-0.25, -0.2) is 4.98 Å². The van der Waals surface area contributed by atoms with Crippen LogP contribution in [0.2, 0.25) is 0 Å². The number of nitrogens with one attached hydrogen (secondary N) is 1. The predicted octanol–water partition coefficient (Wildman–Crippen LogP) is 1.64. The Kier molecular flexibility index (Phi) is 3.61. The van der Waals surface area contributed by atoms with Crippen LogP contribution < -0.4 is 5.32 Å². The summed E-state index contributed by atoms with van der Waals surface area (Å²) in [7, 11) is 1.90. The van der Waals surface area contributed by atoms with Gasteiger partial charge in [0.05, 0.1) is 18.4 Å². The largest absolute Gasteiger partial charge is 0.313 e. The smallest absolute Gasteiger partial charge is 0.165 e. The molecule has 0 aliphatic heterocycles. The molecule has 1 aromatic rings. The molecule has 0 saturated heterocycles. The third-order valence-electron chi connectivity index (χ3n) is 2.98. The summed E-state index contributed by atoms with van der Waals surface area (Å²) < 4.78 is 0. The van der Waals surface area contributed by atoms with Crippen molar-refractivity contribution in [3.63, 3.8) is 0 Å². The molecule has 1 saturated carbocycles. The third-order valence-corrected chi connectivity index (χ3v) is 2.98. The van der Waals surface area contributed by atoms with Gasteiger partial charge in [-0.2, -0.15) is 5.10 Å². The summed E-state index contributed by atoms with van der Waals surface area (Å²) in [6.45, 7) is 0.702. The quantitative estimate of drug-likeness (QED) is 0.816. The summed E-state index contributed by atoms with van der Waals surface area (Å²) in [4.78, 5) is 4.55. The molecule has 82 valence electrons. The fraction of sp³-hybridized carbons (Fsp3) is 0.727. The van der Waals surface area contributed by atoms with E-state index in [1.54, 1.807) is 0 Å². The van der Waals surface area contributed by atoms with Crippen LogP contribution in [0.15, 0.2) is 6.20 Å². The molecule has 1 heterocycles. The first-order valence-corrected chi connectivity index (χ1v) is 5.73. The first kappa shape index (κ1) is 10.5. The highest BCUT2D eigenvalue weighted by atomic mass is 15.2. The molecule has 0 atom stereocenters. The van der Waals surface area contributed by atoms with E-state index in [0.29, 0.717) is 12.5 Å². The van der Waals surface area contributed by atoms with Crippen LogP contribution in [0.25, 0.3) is 0 Å². The molecule has 1 N–H and O–H groups in total. The van der Waals surface area contributed by atoms with Crippen LogP contribution >= 0.6 is 0 Å². The Labute approximate surface area is 90.5 Å². The lowest BCUT2D eigenvalue weighted by Gasteiger charge is -2.20. The van der Waals surface area contributed by atoms with Crippen molar-refractivity contribution in [3.8, 4) is 0 Å². The zero-order valence-corrected chi connectivity index (χ0v) is 9.24. The van der Waals surface area contributed by atoms with Crippen LogP contribution in [0, 0.1) is 0 Å².